The predicted molar refractivity (Wildman–Crippen MR) is 163 cm³/mol. The number of carbonyl (C=O) groups excluding carboxylic acids is 1. The fraction of sp³-hybridized carbons (Fsp3) is 0.194. The number of anilines is 2. The highest BCUT2D eigenvalue weighted by Crippen LogP contribution is 2.41. The number of methoxy groups -OCH3 is 1. The maximum absolute atomic E-state index is 13.2. The number of aromatic nitrogens is 2. The Morgan fingerprint density at radius 3 is 2.78 bits per heavy atom. The molecule has 4 heterocycles. The van der Waals surface area contributed by atoms with E-state index in [2.05, 4.69) is 20.6 Å². The predicted octanol–water partition coefficient (Wildman–Crippen LogP) is 5.33. The van der Waals surface area contributed by atoms with Crippen LogP contribution in [0.2, 0.25) is 0 Å². The van der Waals surface area contributed by atoms with Crippen molar-refractivity contribution in [3.05, 3.63) is 77.4 Å². The molecule has 0 radical (unpaired) electrons. The van der Waals surface area contributed by atoms with Crippen molar-refractivity contribution in [3.8, 4) is 16.9 Å². The number of para-hydroxylation sites is 1. The highest BCUT2D eigenvalue weighted by atomic mass is 32.1. The number of likely N-dealkylation sites (tertiary alicyclic amines) is 1. The van der Waals surface area contributed by atoms with Gasteiger partial charge in [0.25, 0.3) is 5.91 Å². The molecule has 1 aliphatic heterocycles. The molecule has 3 aromatic heterocycles. The van der Waals surface area contributed by atoms with Gasteiger partial charge in [-0.1, -0.05) is 36.4 Å². The molecule has 1 fully saturated rings. The Morgan fingerprint density at radius 1 is 1.22 bits per heavy atom. The summed E-state index contributed by atoms with van der Waals surface area (Å²) in [5.74, 6) is -0.267. The van der Waals surface area contributed by atoms with Crippen molar-refractivity contribution in [1.29, 1.82) is 0 Å². The zero-order chi connectivity index (χ0) is 28.7. The summed E-state index contributed by atoms with van der Waals surface area (Å²) in [7, 11) is 3.45. The number of carboxylic acids is 1. The first-order valence-electron chi connectivity index (χ1n) is 13.2. The number of amides is 1. The van der Waals surface area contributed by atoms with Gasteiger partial charge in [0, 0.05) is 65.0 Å². The van der Waals surface area contributed by atoms with E-state index in [0.717, 1.165) is 37.7 Å². The fourth-order valence-corrected chi connectivity index (χ4v) is 6.36. The summed E-state index contributed by atoms with van der Waals surface area (Å²) in [6, 6.07) is 15.4. The van der Waals surface area contributed by atoms with E-state index in [9.17, 15) is 9.59 Å². The quantitative estimate of drug-likeness (QED) is 0.232. The first kappa shape index (κ1) is 26.5. The van der Waals surface area contributed by atoms with Crippen LogP contribution in [0.5, 0.6) is 5.75 Å². The van der Waals surface area contributed by atoms with E-state index in [-0.39, 0.29) is 11.8 Å². The number of fused-ring (bicyclic) bond motifs is 2. The number of nitrogen functional groups attached to an aromatic ring is 1. The van der Waals surface area contributed by atoms with E-state index in [1.165, 1.54) is 0 Å². The van der Waals surface area contributed by atoms with Crippen molar-refractivity contribution >= 4 is 61.8 Å². The molecule has 6 rings (SSSR count). The van der Waals surface area contributed by atoms with Crippen molar-refractivity contribution in [2.45, 2.75) is 0 Å². The highest BCUT2D eigenvalue weighted by Gasteiger charge is 2.31. The molecule has 0 saturated carbocycles. The van der Waals surface area contributed by atoms with Gasteiger partial charge in [0.05, 0.1) is 18.7 Å². The summed E-state index contributed by atoms with van der Waals surface area (Å²) < 4.78 is 8.57. The number of aryl methyl sites for hydroxylation is 1. The number of nitrogens with zero attached hydrogens (tertiary/aromatic N) is 3. The first-order valence-corrected chi connectivity index (χ1v) is 14.0. The van der Waals surface area contributed by atoms with Gasteiger partial charge in [-0.25, -0.2) is 4.98 Å². The third-order valence-electron chi connectivity index (χ3n) is 7.56. The molecule has 1 amide bonds. The number of hydrogen-bond donors (Lipinski definition) is 3. The fourth-order valence-electron chi connectivity index (χ4n) is 5.28. The SMILES string of the molecule is COc1cc(-c2csc3c(/C=C/CN4CC(C(=O)O)C4)cnc(N)c23)ccc1NC(=O)c1cc2ccccc2n1C. The van der Waals surface area contributed by atoms with Crippen molar-refractivity contribution in [2.24, 2.45) is 13.0 Å². The van der Waals surface area contributed by atoms with Gasteiger partial charge in [-0.2, -0.15) is 0 Å². The van der Waals surface area contributed by atoms with Crippen LogP contribution in [0, 0.1) is 5.92 Å². The number of carboxylic acid groups (broad SMARTS) is 1. The van der Waals surface area contributed by atoms with E-state index in [1.807, 2.05) is 72.3 Å². The van der Waals surface area contributed by atoms with Crippen LogP contribution in [0.15, 0.2) is 66.2 Å². The topological polar surface area (TPSA) is 123 Å². The zero-order valence-corrected chi connectivity index (χ0v) is 23.4. The van der Waals surface area contributed by atoms with Crippen molar-refractivity contribution in [2.75, 3.05) is 37.8 Å². The number of pyridine rings is 1. The smallest absolute Gasteiger partial charge is 0.309 e. The van der Waals surface area contributed by atoms with Gasteiger partial charge in [0.2, 0.25) is 0 Å². The Morgan fingerprint density at radius 2 is 2.02 bits per heavy atom. The van der Waals surface area contributed by atoms with Gasteiger partial charge in [-0.05, 0) is 35.2 Å². The number of nitrogens with one attached hydrogen (secondary N) is 1. The average molecular weight is 568 g/mol. The summed E-state index contributed by atoms with van der Waals surface area (Å²) in [4.78, 5) is 30.8. The van der Waals surface area contributed by atoms with Gasteiger partial charge in [-0.3, -0.25) is 14.5 Å². The summed E-state index contributed by atoms with van der Waals surface area (Å²) in [5.41, 5.74) is 11.2. The molecule has 41 heavy (non-hydrogen) atoms. The maximum atomic E-state index is 13.2. The molecule has 0 unspecified atom stereocenters. The molecule has 0 atom stereocenters. The molecule has 4 N–H and O–H groups in total. The van der Waals surface area contributed by atoms with E-state index < -0.39 is 5.97 Å². The first-order chi connectivity index (χ1) is 19.8. The minimum absolute atomic E-state index is 0.225. The number of benzene rings is 2. The molecule has 9 nitrogen and oxygen atoms in total. The van der Waals surface area contributed by atoms with Crippen molar-refractivity contribution < 1.29 is 19.4 Å². The number of thiophene rings is 1. The Kier molecular flexibility index (Phi) is 6.94. The van der Waals surface area contributed by atoms with E-state index in [4.69, 9.17) is 15.6 Å². The van der Waals surface area contributed by atoms with Crippen LogP contribution in [0.25, 0.3) is 38.2 Å². The second kappa shape index (κ2) is 10.7. The Balaban J connectivity index is 1.25. The minimum Gasteiger partial charge on any atom is -0.495 e. The average Bonchev–Trinajstić information content (AvgIpc) is 3.54. The third-order valence-corrected chi connectivity index (χ3v) is 8.59. The molecule has 0 bridgehead atoms. The number of ether oxygens (including phenoxy) is 1. The van der Waals surface area contributed by atoms with E-state index in [1.54, 1.807) is 24.6 Å². The lowest BCUT2D eigenvalue weighted by molar-refractivity contribution is -0.147. The Labute approximate surface area is 240 Å². The molecule has 5 aromatic rings. The summed E-state index contributed by atoms with van der Waals surface area (Å²) in [5, 5.41) is 16.0. The van der Waals surface area contributed by atoms with Crippen molar-refractivity contribution in [3.63, 3.8) is 0 Å². The number of aliphatic carboxylic acids is 1. The lowest BCUT2D eigenvalue weighted by Crippen LogP contribution is -2.50. The Hall–Kier alpha value is -4.67. The van der Waals surface area contributed by atoms with Gasteiger partial charge in [-0.15, -0.1) is 11.3 Å². The second-order valence-electron chi connectivity index (χ2n) is 10.1. The van der Waals surface area contributed by atoms with Crippen LogP contribution in [0.3, 0.4) is 0 Å². The number of carbonyl (C=O) groups is 2. The molecule has 0 aliphatic carbocycles. The van der Waals surface area contributed by atoms with Crippen LogP contribution >= 0.6 is 11.3 Å². The van der Waals surface area contributed by atoms with Gasteiger partial charge in [0.15, 0.2) is 0 Å². The molecular formula is C31H29N5O4S. The molecule has 1 saturated heterocycles. The van der Waals surface area contributed by atoms with Crippen LogP contribution in [-0.2, 0) is 11.8 Å². The monoisotopic (exact) mass is 567 g/mol. The number of hydrogen-bond acceptors (Lipinski definition) is 7. The highest BCUT2D eigenvalue weighted by molar-refractivity contribution is 7.18. The minimum atomic E-state index is -0.738. The molecule has 0 spiro atoms. The largest absolute Gasteiger partial charge is 0.495 e. The summed E-state index contributed by atoms with van der Waals surface area (Å²) >= 11 is 1.59. The lowest BCUT2D eigenvalue weighted by atomic mass is 10.0. The molecule has 208 valence electrons. The van der Waals surface area contributed by atoms with Crippen molar-refractivity contribution in [1.82, 2.24) is 14.5 Å². The number of nitrogens with two attached hydrogens (primary N) is 1. The van der Waals surface area contributed by atoms with E-state index >= 15 is 0 Å². The number of rotatable bonds is 8. The maximum Gasteiger partial charge on any atom is 0.309 e. The standard InChI is InChI=1S/C31H29N5O4S/c1-35-24-8-4-3-6-19(24)12-25(35)30(37)34-23-10-9-18(13-26(23)40-2)22-17-41-28-20(14-33-29(32)27(22)28)7-5-11-36-15-21(16-36)31(38)39/h3-10,12-14,17,21H,11,15-16H2,1-2H3,(H2,32,33)(H,34,37)(H,38,39)/b7-5+. The van der Waals surface area contributed by atoms with Gasteiger partial charge < -0.3 is 25.5 Å². The van der Waals surface area contributed by atoms with Crippen LogP contribution < -0.4 is 15.8 Å². The Bertz CT molecular complexity index is 1830. The normalized spacial score (nSPS) is 14.1. The molecule has 2 aromatic carbocycles. The zero-order valence-electron chi connectivity index (χ0n) is 22.6. The van der Waals surface area contributed by atoms with E-state index in [0.29, 0.717) is 42.6 Å². The molecular weight excluding hydrogens is 538 g/mol. The van der Waals surface area contributed by atoms with Crippen LogP contribution in [0.4, 0.5) is 11.5 Å². The summed E-state index contributed by atoms with van der Waals surface area (Å²) in [6.07, 6.45) is 5.80. The second-order valence-corrected chi connectivity index (χ2v) is 11.0. The third kappa shape index (κ3) is 4.92. The molecule has 10 heteroatoms. The lowest BCUT2D eigenvalue weighted by Gasteiger charge is -2.35. The summed E-state index contributed by atoms with van der Waals surface area (Å²) in [6.45, 7) is 1.81. The van der Waals surface area contributed by atoms with Gasteiger partial charge >= 0.3 is 5.97 Å². The van der Waals surface area contributed by atoms with Crippen LogP contribution in [-0.4, -0.2) is 58.2 Å². The molecule has 1 aliphatic rings. The van der Waals surface area contributed by atoms with Gasteiger partial charge in [0.1, 0.15) is 17.3 Å². The van der Waals surface area contributed by atoms with Crippen LogP contribution in [0.1, 0.15) is 16.1 Å².